The van der Waals surface area contributed by atoms with E-state index < -0.39 is 0 Å². The Hall–Kier alpha value is 0.290. The third-order valence-electron chi connectivity index (χ3n) is 3.30. The zero-order valence-corrected chi connectivity index (χ0v) is 13.4. The summed E-state index contributed by atoms with van der Waals surface area (Å²) in [4.78, 5) is 11.7. The van der Waals surface area contributed by atoms with Crippen LogP contribution in [0.3, 0.4) is 0 Å². The van der Waals surface area contributed by atoms with Crippen LogP contribution in [-0.2, 0) is 9.53 Å². The summed E-state index contributed by atoms with van der Waals surface area (Å²) in [5.41, 5.74) is 0. The molecule has 1 aliphatic carbocycles. The maximum Gasteiger partial charge on any atom is 0.138 e. The molecule has 0 heterocycles. The van der Waals surface area contributed by atoms with Gasteiger partial charge < -0.3 is 10.1 Å². The molecular formula is C13H25NO2S2. The first-order valence-electron chi connectivity index (χ1n) is 6.58. The van der Waals surface area contributed by atoms with Crippen molar-refractivity contribution in [3.8, 4) is 0 Å². The van der Waals surface area contributed by atoms with Crippen molar-refractivity contribution in [3.63, 3.8) is 0 Å². The molecule has 1 aliphatic rings. The quantitative estimate of drug-likeness (QED) is 0.312. The van der Waals surface area contributed by atoms with Gasteiger partial charge in [0.05, 0.1) is 17.6 Å². The molecule has 0 spiro atoms. The predicted octanol–water partition coefficient (Wildman–Crippen LogP) is 2.91. The fourth-order valence-electron chi connectivity index (χ4n) is 2.02. The Kier molecular flexibility index (Phi) is 6.51. The van der Waals surface area contributed by atoms with Crippen LogP contribution >= 0.6 is 22.5 Å². The van der Waals surface area contributed by atoms with Crippen LogP contribution in [0.2, 0.25) is 0 Å². The zero-order valence-electron chi connectivity index (χ0n) is 11.7. The van der Waals surface area contributed by atoms with Gasteiger partial charge in [0.2, 0.25) is 0 Å². The number of rotatable bonds is 8. The van der Waals surface area contributed by atoms with Gasteiger partial charge in [-0.15, -0.1) is 11.7 Å². The lowest BCUT2D eigenvalue weighted by atomic mass is 9.76. The number of hydrogen-bond acceptors (Lipinski definition) is 5. The Morgan fingerprint density at radius 2 is 2.11 bits per heavy atom. The smallest absolute Gasteiger partial charge is 0.138 e. The molecule has 3 nitrogen and oxygen atoms in total. The molecule has 5 heteroatoms. The average Bonchev–Trinajstić information content (AvgIpc) is 2.25. The van der Waals surface area contributed by atoms with Gasteiger partial charge >= 0.3 is 0 Å². The summed E-state index contributed by atoms with van der Waals surface area (Å²) in [6.45, 7) is 9.64. The summed E-state index contributed by atoms with van der Waals surface area (Å²) in [7, 11) is 1.50. The van der Waals surface area contributed by atoms with Crippen molar-refractivity contribution in [2.75, 3.05) is 13.2 Å². The maximum absolute atomic E-state index is 11.7. The van der Waals surface area contributed by atoms with Gasteiger partial charge in [-0.2, -0.15) is 0 Å². The summed E-state index contributed by atoms with van der Waals surface area (Å²) in [5.74, 6) is 0.791. The van der Waals surface area contributed by atoms with Crippen LogP contribution in [0, 0.1) is 11.8 Å². The van der Waals surface area contributed by atoms with Crippen molar-refractivity contribution in [2.45, 2.75) is 51.5 Å². The second kappa shape index (κ2) is 7.17. The summed E-state index contributed by atoms with van der Waals surface area (Å²) in [6.07, 6.45) is 2.09. The molecular weight excluding hydrogens is 266 g/mol. The SMILES string of the molecule is CC(C)C(=O)C1CC(OCCNC(C)(C)SS)C1. The third kappa shape index (κ3) is 5.11. The van der Waals surface area contributed by atoms with Crippen molar-refractivity contribution < 1.29 is 9.53 Å². The van der Waals surface area contributed by atoms with E-state index in [2.05, 4.69) is 30.8 Å². The monoisotopic (exact) mass is 291 g/mol. The number of carbonyl (C=O) groups is 1. The topological polar surface area (TPSA) is 38.3 Å². The first-order valence-corrected chi connectivity index (χ1v) is 8.45. The van der Waals surface area contributed by atoms with E-state index in [-0.39, 0.29) is 22.8 Å². The Labute approximate surface area is 120 Å². The molecule has 0 atom stereocenters. The van der Waals surface area contributed by atoms with Gasteiger partial charge in [-0.25, -0.2) is 0 Å². The highest BCUT2D eigenvalue weighted by Gasteiger charge is 2.35. The van der Waals surface area contributed by atoms with E-state index in [1.165, 1.54) is 10.8 Å². The van der Waals surface area contributed by atoms with E-state index in [9.17, 15) is 4.79 Å². The standard InChI is InChI=1S/C13H25NO2S2/c1-9(2)12(15)10-7-11(8-10)16-6-5-14-13(3,4)18-17/h9-11,14,17H,5-8H2,1-4H3. The number of hydrogen-bond donors (Lipinski definition) is 2. The van der Waals surface area contributed by atoms with Crippen molar-refractivity contribution in [1.82, 2.24) is 5.32 Å². The van der Waals surface area contributed by atoms with Gasteiger partial charge in [-0.3, -0.25) is 4.79 Å². The molecule has 0 aromatic heterocycles. The number of thiol groups is 1. The highest BCUT2D eigenvalue weighted by Crippen LogP contribution is 2.32. The summed E-state index contributed by atoms with van der Waals surface area (Å²) >= 11 is 4.20. The van der Waals surface area contributed by atoms with Gasteiger partial charge in [-0.05, 0) is 26.7 Å². The molecule has 0 aliphatic heterocycles. The molecule has 1 N–H and O–H groups in total. The molecule has 106 valence electrons. The Morgan fingerprint density at radius 1 is 1.50 bits per heavy atom. The van der Waals surface area contributed by atoms with Crippen LogP contribution in [0.15, 0.2) is 0 Å². The van der Waals surface area contributed by atoms with E-state index >= 15 is 0 Å². The minimum atomic E-state index is -0.0256. The van der Waals surface area contributed by atoms with Crippen LogP contribution in [0.4, 0.5) is 0 Å². The number of ketones is 1. The Balaban J connectivity index is 2.06. The largest absolute Gasteiger partial charge is 0.377 e. The summed E-state index contributed by atoms with van der Waals surface area (Å²) < 4.78 is 5.73. The van der Waals surface area contributed by atoms with Crippen molar-refractivity contribution in [1.29, 1.82) is 0 Å². The number of nitrogens with one attached hydrogen (secondary N) is 1. The van der Waals surface area contributed by atoms with Crippen LogP contribution in [0.1, 0.15) is 40.5 Å². The van der Waals surface area contributed by atoms with Gasteiger partial charge in [0.15, 0.2) is 0 Å². The lowest BCUT2D eigenvalue weighted by molar-refractivity contribution is -0.134. The highest BCUT2D eigenvalue weighted by atomic mass is 33.1. The fraction of sp³-hybridized carbons (Fsp3) is 0.923. The molecule has 1 saturated carbocycles. The lowest BCUT2D eigenvalue weighted by Crippen LogP contribution is -2.41. The maximum atomic E-state index is 11.7. The minimum absolute atomic E-state index is 0.0256. The van der Waals surface area contributed by atoms with Crippen LogP contribution in [0.5, 0.6) is 0 Å². The summed E-state index contributed by atoms with van der Waals surface area (Å²) in [6, 6.07) is 0. The summed E-state index contributed by atoms with van der Waals surface area (Å²) in [5, 5.41) is 3.36. The van der Waals surface area contributed by atoms with Crippen LogP contribution in [0.25, 0.3) is 0 Å². The fourth-order valence-corrected chi connectivity index (χ4v) is 2.38. The molecule has 18 heavy (non-hydrogen) atoms. The third-order valence-corrected chi connectivity index (χ3v) is 5.27. The van der Waals surface area contributed by atoms with Gasteiger partial charge in [0.1, 0.15) is 5.78 Å². The first kappa shape index (κ1) is 16.3. The molecule has 0 aromatic rings. The van der Waals surface area contributed by atoms with Gasteiger partial charge in [-0.1, -0.05) is 24.6 Å². The first-order chi connectivity index (χ1) is 8.35. The molecule has 1 fully saturated rings. The molecule has 0 unspecified atom stereocenters. The predicted molar refractivity (Wildman–Crippen MR) is 81.0 cm³/mol. The van der Waals surface area contributed by atoms with E-state index in [0.29, 0.717) is 12.4 Å². The van der Waals surface area contributed by atoms with Gasteiger partial charge in [0, 0.05) is 18.4 Å². The number of carbonyl (C=O) groups excluding carboxylic acids is 1. The molecule has 0 bridgehead atoms. The molecule has 0 aromatic carbocycles. The van der Waals surface area contributed by atoms with Gasteiger partial charge in [0.25, 0.3) is 0 Å². The van der Waals surface area contributed by atoms with Crippen molar-refractivity contribution >= 4 is 28.2 Å². The highest BCUT2D eigenvalue weighted by molar-refractivity contribution is 8.69. The number of ether oxygens (including phenoxy) is 1. The van der Waals surface area contributed by atoms with E-state index in [1.54, 1.807) is 0 Å². The normalized spacial score (nSPS) is 24.1. The average molecular weight is 291 g/mol. The second-order valence-corrected chi connectivity index (χ2v) is 7.50. The van der Waals surface area contributed by atoms with Crippen molar-refractivity contribution in [2.24, 2.45) is 11.8 Å². The molecule has 0 radical (unpaired) electrons. The van der Waals surface area contributed by atoms with Crippen LogP contribution < -0.4 is 5.32 Å². The van der Waals surface area contributed by atoms with E-state index in [0.717, 1.165) is 19.4 Å². The Morgan fingerprint density at radius 3 is 2.61 bits per heavy atom. The van der Waals surface area contributed by atoms with Crippen molar-refractivity contribution in [3.05, 3.63) is 0 Å². The zero-order chi connectivity index (χ0) is 13.8. The lowest BCUT2D eigenvalue weighted by Gasteiger charge is -2.35. The van der Waals surface area contributed by atoms with E-state index in [4.69, 9.17) is 4.74 Å². The van der Waals surface area contributed by atoms with E-state index in [1.807, 2.05) is 13.8 Å². The number of Topliss-reactive ketones (excluding diaryl/α,β-unsaturated/α-hetero) is 1. The minimum Gasteiger partial charge on any atom is -0.377 e. The Bertz CT molecular complexity index is 276. The second-order valence-electron chi connectivity index (χ2n) is 5.75. The molecule has 0 saturated heterocycles. The molecule has 1 rings (SSSR count). The van der Waals surface area contributed by atoms with Crippen LogP contribution in [-0.4, -0.2) is 29.9 Å². The molecule has 0 amide bonds.